The molecule has 6 heteroatoms. The fourth-order valence-corrected chi connectivity index (χ4v) is 3.19. The van der Waals surface area contributed by atoms with Gasteiger partial charge in [-0.2, -0.15) is 0 Å². The van der Waals surface area contributed by atoms with Crippen LogP contribution in [0.3, 0.4) is 0 Å². The van der Waals surface area contributed by atoms with E-state index in [2.05, 4.69) is 34.2 Å². The third-order valence-electron chi connectivity index (χ3n) is 2.59. The van der Waals surface area contributed by atoms with Gasteiger partial charge in [-0.15, -0.1) is 11.3 Å². The standard InChI is InChI=1S/C14H15BrN2O2S/c1-9-13(15)6-12(20-9)7-17-10-3-2-4-11(5-10)19-8-14(16)18/h2-6,17H,7-8H2,1H3,(H2,16,18). The molecule has 0 aliphatic rings. The van der Waals surface area contributed by atoms with Gasteiger partial charge in [0.25, 0.3) is 5.91 Å². The number of carbonyl (C=O) groups excluding carboxylic acids is 1. The van der Waals surface area contributed by atoms with Crippen LogP contribution in [0.25, 0.3) is 0 Å². The summed E-state index contributed by atoms with van der Waals surface area (Å²) < 4.78 is 6.40. The van der Waals surface area contributed by atoms with Crippen molar-refractivity contribution in [1.82, 2.24) is 0 Å². The van der Waals surface area contributed by atoms with E-state index in [0.717, 1.165) is 16.7 Å². The maximum atomic E-state index is 10.7. The van der Waals surface area contributed by atoms with Crippen molar-refractivity contribution in [3.05, 3.63) is 44.6 Å². The summed E-state index contributed by atoms with van der Waals surface area (Å²) in [5.74, 6) is 0.139. The molecular formula is C14H15BrN2O2S. The van der Waals surface area contributed by atoms with Crippen molar-refractivity contribution in [2.75, 3.05) is 11.9 Å². The topological polar surface area (TPSA) is 64.3 Å². The molecular weight excluding hydrogens is 340 g/mol. The van der Waals surface area contributed by atoms with E-state index < -0.39 is 5.91 Å². The van der Waals surface area contributed by atoms with Crippen LogP contribution >= 0.6 is 27.3 Å². The number of halogens is 1. The Morgan fingerprint density at radius 3 is 2.90 bits per heavy atom. The van der Waals surface area contributed by atoms with Crippen LogP contribution in [0, 0.1) is 6.92 Å². The number of primary amides is 1. The summed E-state index contributed by atoms with van der Waals surface area (Å²) in [5, 5.41) is 3.32. The SMILES string of the molecule is Cc1sc(CNc2cccc(OCC(N)=O)c2)cc1Br. The second kappa shape index (κ2) is 6.76. The molecule has 0 spiro atoms. The zero-order valence-corrected chi connectivity index (χ0v) is 13.4. The van der Waals surface area contributed by atoms with E-state index in [1.54, 1.807) is 17.4 Å². The van der Waals surface area contributed by atoms with Crippen molar-refractivity contribution in [1.29, 1.82) is 0 Å². The number of carbonyl (C=O) groups is 1. The van der Waals surface area contributed by atoms with Gasteiger partial charge in [-0.25, -0.2) is 0 Å². The van der Waals surface area contributed by atoms with Crippen LogP contribution in [0.1, 0.15) is 9.75 Å². The minimum absolute atomic E-state index is 0.111. The lowest BCUT2D eigenvalue weighted by molar-refractivity contribution is -0.119. The minimum atomic E-state index is -0.484. The van der Waals surface area contributed by atoms with Crippen LogP contribution in [-0.4, -0.2) is 12.5 Å². The lowest BCUT2D eigenvalue weighted by Gasteiger charge is -2.08. The number of thiophene rings is 1. The first kappa shape index (κ1) is 14.9. The normalized spacial score (nSPS) is 10.3. The van der Waals surface area contributed by atoms with Crippen molar-refractivity contribution in [3.63, 3.8) is 0 Å². The van der Waals surface area contributed by atoms with Crippen molar-refractivity contribution in [2.45, 2.75) is 13.5 Å². The van der Waals surface area contributed by atoms with Gasteiger partial charge in [-0.3, -0.25) is 4.79 Å². The van der Waals surface area contributed by atoms with Crippen LogP contribution in [0.15, 0.2) is 34.8 Å². The summed E-state index contributed by atoms with van der Waals surface area (Å²) in [6.07, 6.45) is 0. The van der Waals surface area contributed by atoms with Crippen molar-refractivity contribution in [3.8, 4) is 5.75 Å². The number of nitrogens with one attached hydrogen (secondary N) is 1. The molecule has 0 atom stereocenters. The molecule has 0 bridgehead atoms. The molecule has 1 aromatic heterocycles. The molecule has 0 fully saturated rings. The first-order valence-corrected chi connectivity index (χ1v) is 7.65. The summed E-state index contributed by atoms with van der Waals surface area (Å²) in [6.45, 7) is 2.72. The average molecular weight is 355 g/mol. The third-order valence-corrected chi connectivity index (χ3v) is 4.73. The van der Waals surface area contributed by atoms with Gasteiger partial charge < -0.3 is 15.8 Å². The number of hydrogen-bond acceptors (Lipinski definition) is 4. The van der Waals surface area contributed by atoms with Gasteiger partial charge in [-0.05, 0) is 41.1 Å². The molecule has 0 aliphatic heterocycles. The Morgan fingerprint density at radius 2 is 2.25 bits per heavy atom. The Kier molecular flexibility index (Phi) is 5.03. The van der Waals surface area contributed by atoms with Gasteiger partial charge in [-0.1, -0.05) is 6.07 Å². The summed E-state index contributed by atoms with van der Waals surface area (Å²) in [7, 11) is 0. The molecule has 0 radical (unpaired) electrons. The van der Waals surface area contributed by atoms with Gasteiger partial charge in [0.2, 0.25) is 0 Å². The van der Waals surface area contributed by atoms with Gasteiger partial charge in [0, 0.05) is 32.5 Å². The number of aryl methyl sites for hydroxylation is 1. The molecule has 2 rings (SSSR count). The molecule has 0 saturated heterocycles. The lowest BCUT2D eigenvalue weighted by atomic mass is 10.3. The summed E-state index contributed by atoms with van der Waals surface area (Å²) >= 11 is 5.26. The molecule has 4 nitrogen and oxygen atoms in total. The average Bonchev–Trinajstić information content (AvgIpc) is 2.74. The minimum Gasteiger partial charge on any atom is -0.484 e. The van der Waals surface area contributed by atoms with Crippen molar-refractivity contribution < 1.29 is 9.53 Å². The quantitative estimate of drug-likeness (QED) is 0.836. The Balaban J connectivity index is 1.95. The zero-order chi connectivity index (χ0) is 14.5. The predicted molar refractivity (Wildman–Crippen MR) is 85.2 cm³/mol. The summed E-state index contributed by atoms with van der Waals surface area (Å²) in [4.78, 5) is 13.2. The fraction of sp³-hybridized carbons (Fsp3) is 0.214. The van der Waals surface area contributed by atoms with Gasteiger partial charge in [0.1, 0.15) is 5.75 Å². The Morgan fingerprint density at radius 1 is 1.45 bits per heavy atom. The molecule has 0 saturated carbocycles. The second-order valence-corrected chi connectivity index (χ2v) is 6.45. The van der Waals surface area contributed by atoms with Gasteiger partial charge in [0.05, 0.1) is 0 Å². The van der Waals surface area contributed by atoms with E-state index in [4.69, 9.17) is 10.5 Å². The second-order valence-electron chi connectivity index (χ2n) is 4.25. The molecule has 0 unspecified atom stereocenters. The number of ether oxygens (including phenoxy) is 1. The van der Waals surface area contributed by atoms with Crippen molar-refractivity contribution in [2.24, 2.45) is 5.73 Å². The van der Waals surface area contributed by atoms with E-state index in [-0.39, 0.29) is 6.61 Å². The van der Waals surface area contributed by atoms with E-state index in [1.165, 1.54) is 9.75 Å². The fourth-order valence-electron chi connectivity index (χ4n) is 1.64. The largest absolute Gasteiger partial charge is 0.484 e. The van der Waals surface area contributed by atoms with Crippen molar-refractivity contribution >= 4 is 38.9 Å². The highest BCUT2D eigenvalue weighted by atomic mass is 79.9. The van der Waals surface area contributed by atoms with E-state index in [1.807, 2.05) is 18.2 Å². The molecule has 3 N–H and O–H groups in total. The first-order chi connectivity index (χ1) is 9.54. The highest BCUT2D eigenvalue weighted by Gasteiger charge is 2.03. The monoisotopic (exact) mass is 354 g/mol. The van der Waals surface area contributed by atoms with Crippen LogP contribution in [0.4, 0.5) is 5.69 Å². The first-order valence-electron chi connectivity index (χ1n) is 6.04. The molecule has 20 heavy (non-hydrogen) atoms. The van der Waals surface area contributed by atoms with E-state index in [0.29, 0.717) is 5.75 Å². The highest BCUT2D eigenvalue weighted by Crippen LogP contribution is 2.27. The molecule has 1 amide bonds. The molecule has 1 heterocycles. The zero-order valence-electron chi connectivity index (χ0n) is 11.0. The van der Waals surface area contributed by atoms with Gasteiger partial charge in [0.15, 0.2) is 6.61 Å². The smallest absolute Gasteiger partial charge is 0.255 e. The van der Waals surface area contributed by atoms with E-state index >= 15 is 0 Å². The summed E-state index contributed by atoms with van der Waals surface area (Å²) in [6, 6.07) is 9.57. The third kappa shape index (κ3) is 4.25. The summed E-state index contributed by atoms with van der Waals surface area (Å²) in [5.41, 5.74) is 5.99. The maximum Gasteiger partial charge on any atom is 0.255 e. The molecule has 1 aromatic carbocycles. The van der Waals surface area contributed by atoms with Gasteiger partial charge >= 0.3 is 0 Å². The Bertz CT molecular complexity index is 593. The molecule has 106 valence electrons. The number of anilines is 1. The number of amides is 1. The number of hydrogen-bond donors (Lipinski definition) is 2. The Labute approximate surface area is 130 Å². The Hall–Kier alpha value is -1.53. The van der Waals surface area contributed by atoms with Crippen LogP contribution in [0.5, 0.6) is 5.75 Å². The lowest BCUT2D eigenvalue weighted by Crippen LogP contribution is -2.20. The predicted octanol–water partition coefficient (Wildman–Crippen LogP) is 3.30. The molecule has 2 aromatic rings. The maximum absolute atomic E-state index is 10.7. The van der Waals surface area contributed by atoms with Crippen LogP contribution in [0.2, 0.25) is 0 Å². The van der Waals surface area contributed by atoms with E-state index in [9.17, 15) is 4.79 Å². The molecule has 0 aliphatic carbocycles. The van der Waals surface area contributed by atoms with Crippen LogP contribution in [-0.2, 0) is 11.3 Å². The van der Waals surface area contributed by atoms with Crippen LogP contribution < -0.4 is 15.8 Å². The highest BCUT2D eigenvalue weighted by molar-refractivity contribution is 9.10. The number of rotatable bonds is 6. The number of nitrogens with two attached hydrogens (primary N) is 1. The number of benzene rings is 1.